The van der Waals surface area contributed by atoms with Crippen molar-refractivity contribution in [3.05, 3.63) is 59.4 Å². The third-order valence-corrected chi connectivity index (χ3v) is 5.39. The number of pyridine rings is 1. The van der Waals surface area contributed by atoms with Gasteiger partial charge in [-0.2, -0.15) is 15.0 Å². The van der Waals surface area contributed by atoms with Crippen LogP contribution in [0.15, 0.2) is 42.7 Å². The molecule has 1 amide bonds. The van der Waals surface area contributed by atoms with Crippen molar-refractivity contribution in [2.45, 2.75) is 6.92 Å². The van der Waals surface area contributed by atoms with E-state index in [1.54, 1.807) is 36.5 Å². The summed E-state index contributed by atoms with van der Waals surface area (Å²) in [7, 11) is 2.04. The average Bonchev–Trinajstić information content (AvgIpc) is 3.15. The molecule has 0 spiro atoms. The molecule has 30 heavy (non-hydrogen) atoms. The van der Waals surface area contributed by atoms with Crippen molar-refractivity contribution < 1.29 is 9.90 Å². The zero-order valence-electron chi connectivity index (χ0n) is 16.9. The van der Waals surface area contributed by atoms with E-state index in [1.165, 1.54) is 10.9 Å². The van der Waals surface area contributed by atoms with Crippen LogP contribution < -0.4 is 0 Å². The van der Waals surface area contributed by atoms with Crippen LogP contribution in [0.2, 0.25) is 0 Å². The number of hydrogen-bond donors (Lipinski definition) is 1. The van der Waals surface area contributed by atoms with Gasteiger partial charge in [0, 0.05) is 32.4 Å². The maximum atomic E-state index is 12.7. The van der Waals surface area contributed by atoms with Gasteiger partial charge in [-0.25, -0.2) is 4.98 Å². The molecule has 0 saturated carbocycles. The van der Waals surface area contributed by atoms with Crippen LogP contribution in [0.4, 0.5) is 0 Å². The fourth-order valence-electron chi connectivity index (χ4n) is 3.57. The molecule has 1 aliphatic rings. The van der Waals surface area contributed by atoms with Crippen LogP contribution in [-0.2, 0) is 0 Å². The highest BCUT2D eigenvalue weighted by molar-refractivity contribution is 5.94. The Morgan fingerprint density at radius 3 is 2.50 bits per heavy atom. The van der Waals surface area contributed by atoms with Crippen LogP contribution in [0.5, 0.6) is 5.88 Å². The molecule has 1 fully saturated rings. The van der Waals surface area contributed by atoms with Crippen LogP contribution >= 0.6 is 0 Å². The Morgan fingerprint density at radius 1 is 1.10 bits per heavy atom. The van der Waals surface area contributed by atoms with E-state index in [0.717, 1.165) is 24.2 Å². The summed E-state index contributed by atoms with van der Waals surface area (Å²) in [5.41, 5.74) is 3.28. The van der Waals surface area contributed by atoms with E-state index in [9.17, 15) is 9.90 Å². The van der Waals surface area contributed by atoms with Crippen LogP contribution in [0.1, 0.15) is 21.5 Å². The minimum atomic E-state index is -0.0477. The molecular weight excluding hydrogens is 380 g/mol. The first-order valence-corrected chi connectivity index (χ1v) is 9.70. The van der Waals surface area contributed by atoms with Crippen molar-refractivity contribution in [3.8, 4) is 28.9 Å². The summed E-state index contributed by atoms with van der Waals surface area (Å²) in [6.45, 7) is 4.99. The average molecular weight is 402 g/mol. The zero-order chi connectivity index (χ0) is 21.3. The van der Waals surface area contributed by atoms with Gasteiger partial charge in [0.05, 0.1) is 29.0 Å². The van der Waals surface area contributed by atoms with Crippen molar-refractivity contribution >= 4 is 5.91 Å². The van der Waals surface area contributed by atoms with E-state index in [2.05, 4.69) is 21.1 Å². The van der Waals surface area contributed by atoms with Gasteiger partial charge < -0.3 is 14.9 Å². The number of carbonyl (C=O) groups is 1. The molecule has 1 aromatic carbocycles. The number of amides is 1. The fourth-order valence-corrected chi connectivity index (χ4v) is 3.57. The Hall–Kier alpha value is -3.70. The van der Waals surface area contributed by atoms with Crippen molar-refractivity contribution in [2.75, 3.05) is 33.2 Å². The summed E-state index contributed by atoms with van der Waals surface area (Å²) in [5, 5.41) is 24.0. The highest BCUT2D eigenvalue weighted by Crippen LogP contribution is 2.33. The van der Waals surface area contributed by atoms with E-state index in [0.29, 0.717) is 35.6 Å². The second kappa shape index (κ2) is 7.97. The molecule has 1 saturated heterocycles. The second-order valence-electron chi connectivity index (χ2n) is 7.44. The Labute approximate surface area is 174 Å². The molecule has 8 heteroatoms. The van der Waals surface area contributed by atoms with Gasteiger partial charge in [-0.15, -0.1) is 0 Å². The number of rotatable bonds is 3. The van der Waals surface area contributed by atoms with E-state index >= 15 is 0 Å². The molecule has 1 N–H and O–H groups in total. The third-order valence-electron chi connectivity index (χ3n) is 5.39. The first-order valence-electron chi connectivity index (χ1n) is 9.70. The Bertz CT molecular complexity index is 1120. The summed E-state index contributed by atoms with van der Waals surface area (Å²) < 4.78 is 1.33. The molecule has 0 unspecified atom stereocenters. The lowest BCUT2D eigenvalue weighted by Gasteiger charge is -2.32. The van der Waals surface area contributed by atoms with E-state index in [1.807, 2.05) is 18.9 Å². The Balaban J connectivity index is 1.57. The number of carbonyl (C=O) groups excluding carboxylic acids is 1. The second-order valence-corrected chi connectivity index (χ2v) is 7.44. The van der Waals surface area contributed by atoms with Gasteiger partial charge in [0.15, 0.2) is 5.82 Å². The third kappa shape index (κ3) is 3.63. The van der Waals surface area contributed by atoms with Gasteiger partial charge in [-0.05, 0) is 49.4 Å². The molecule has 0 radical (unpaired) electrons. The standard InChI is InChI=1S/C22H22N6O2/c1-15-11-16(12-23)3-5-18(15)19-14-25-28(22(19)30)20-6-4-17(13-24-20)21(29)27-9-7-26(2)8-10-27/h3-6,11,13-14,30H,7-10H2,1-2H3. The number of nitriles is 1. The van der Waals surface area contributed by atoms with E-state index in [-0.39, 0.29) is 11.8 Å². The van der Waals surface area contributed by atoms with Crippen LogP contribution in [0.25, 0.3) is 16.9 Å². The molecule has 0 aliphatic carbocycles. The van der Waals surface area contributed by atoms with Crippen LogP contribution in [-0.4, -0.2) is 68.8 Å². The molecule has 152 valence electrons. The number of piperazine rings is 1. The number of aromatic nitrogens is 3. The first kappa shape index (κ1) is 19.6. The number of aromatic hydroxyl groups is 1. The highest BCUT2D eigenvalue weighted by Gasteiger charge is 2.21. The topological polar surface area (TPSA) is 98.3 Å². The molecule has 2 aromatic heterocycles. The predicted molar refractivity (Wildman–Crippen MR) is 111 cm³/mol. The van der Waals surface area contributed by atoms with Gasteiger partial charge in [0.2, 0.25) is 5.88 Å². The summed E-state index contributed by atoms with van der Waals surface area (Å²) in [4.78, 5) is 21.0. The summed E-state index contributed by atoms with van der Waals surface area (Å²) >= 11 is 0. The van der Waals surface area contributed by atoms with Gasteiger partial charge in [0.25, 0.3) is 5.91 Å². The largest absolute Gasteiger partial charge is 0.493 e. The van der Waals surface area contributed by atoms with Gasteiger partial charge in [0.1, 0.15) is 0 Å². The van der Waals surface area contributed by atoms with Crippen molar-refractivity contribution in [3.63, 3.8) is 0 Å². The fraction of sp³-hybridized carbons (Fsp3) is 0.273. The predicted octanol–water partition coefficient (Wildman–Crippen LogP) is 2.21. The van der Waals surface area contributed by atoms with Crippen molar-refractivity contribution in [1.82, 2.24) is 24.6 Å². The zero-order valence-corrected chi connectivity index (χ0v) is 16.9. The minimum absolute atomic E-state index is 0.0410. The molecule has 8 nitrogen and oxygen atoms in total. The van der Waals surface area contributed by atoms with Gasteiger partial charge >= 0.3 is 0 Å². The summed E-state index contributed by atoms with van der Waals surface area (Å²) in [5.74, 6) is 0.328. The molecular formula is C22H22N6O2. The molecule has 0 atom stereocenters. The smallest absolute Gasteiger partial charge is 0.255 e. The normalized spacial score (nSPS) is 14.5. The summed E-state index contributed by atoms with van der Waals surface area (Å²) in [6, 6.07) is 10.7. The highest BCUT2D eigenvalue weighted by atomic mass is 16.3. The number of likely N-dealkylation sites (N-methyl/N-ethyl adjacent to an activating group) is 1. The number of nitrogens with zero attached hydrogens (tertiary/aromatic N) is 6. The molecule has 4 rings (SSSR count). The number of benzene rings is 1. The van der Waals surface area contributed by atoms with E-state index < -0.39 is 0 Å². The number of hydrogen-bond acceptors (Lipinski definition) is 6. The van der Waals surface area contributed by atoms with Gasteiger partial charge in [-0.3, -0.25) is 4.79 Å². The van der Waals surface area contributed by atoms with Crippen LogP contribution in [0, 0.1) is 18.3 Å². The molecule has 3 aromatic rings. The molecule has 0 bridgehead atoms. The maximum absolute atomic E-state index is 12.7. The van der Waals surface area contributed by atoms with Crippen LogP contribution in [0.3, 0.4) is 0 Å². The number of aryl methyl sites for hydroxylation is 1. The van der Waals surface area contributed by atoms with Gasteiger partial charge in [-0.1, -0.05) is 6.07 Å². The van der Waals surface area contributed by atoms with Crippen molar-refractivity contribution in [1.29, 1.82) is 5.26 Å². The molecule has 1 aliphatic heterocycles. The first-order chi connectivity index (χ1) is 14.5. The Morgan fingerprint density at radius 2 is 1.87 bits per heavy atom. The maximum Gasteiger partial charge on any atom is 0.255 e. The lowest BCUT2D eigenvalue weighted by Crippen LogP contribution is -2.47. The Kier molecular flexibility index (Phi) is 5.21. The monoisotopic (exact) mass is 402 g/mol. The lowest BCUT2D eigenvalue weighted by molar-refractivity contribution is 0.0663. The quantitative estimate of drug-likeness (QED) is 0.721. The van der Waals surface area contributed by atoms with E-state index in [4.69, 9.17) is 5.26 Å². The SMILES string of the molecule is Cc1cc(C#N)ccc1-c1cnn(-c2ccc(C(=O)N3CCN(C)CC3)cn2)c1O. The molecule has 3 heterocycles. The van der Waals surface area contributed by atoms with Crippen molar-refractivity contribution in [2.24, 2.45) is 0 Å². The summed E-state index contributed by atoms with van der Waals surface area (Å²) in [6.07, 6.45) is 3.08. The minimum Gasteiger partial charge on any atom is -0.493 e. The lowest BCUT2D eigenvalue weighted by atomic mass is 10.0.